The molecule has 0 atom stereocenters. The van der Waals surface area contributed by atoms with E-state index >= 15 is 0 Å². The molecule has 0 aromatic carbocycles. The van der Waals surface area contributed by atoms with Gasteiger partial charge in [-0.25, -0.2) is 3.11 Å². The Kier molecular flexibility index (Phi) is 3.36. The van der Waals surface area contributed by atoms with Crippen molar-refractivity contribution in [3.05, 3.63) is 0 Å². The Hall–Kier alpha value is 0.610. The molecule has 0 amide bonds. The molecule has 0 aromatic rings. The minimum atomic E-state index is 0.481. The van der Waals surface area contributed by atoms with Gasteiger partial charge in [-0.2, -0.15) is 0 Å². The number of hydrogen-bond acceptors (Lipinski definition) is 3. The zero-order valence-electron chi connectivity index (χ0n) is 9.17. The molecular weight excluding hydrogens is 289 g/mol. The number of piperazine rings is 1. The molecule has 2 saturated heterocycles. The van der Waals surface area contributed by atoms with Gasteiger partial charge in [-0.15, -0.1) is 0 Å². The van der Waals surface area contributed by atoms with Gasteiger partial charge < -0.3 is 4.90 Å². The first-order chi connectivity index (χ1) is 6.62. The standard InChI is InChI=1S/C10H20IN3/c1-12-7-8-13(2)10(9-12)3-5-14(11)6-4-10/h3-9H2,1-2H3. The van der Waals surface area contributed by atoms with Crippen molar-refractivity contribution < 1.29 is 0 Å². The highest BCUT2D eigenvalue weighted by Crippen LogP contribution is 2.31. The van der Waals surface area contributed by atoms with E-state index in [4.69, 9.17) is 0 Å². The average Bonchev–Trinajstić information content (AvgIpc) is 2.17. The smallest absolute Gasteiger partial charge is 0.0358 e. The van der Waals surface area contributed by atoms with Crippen LogP contribution < -0.4 is 0 Å². The van der Waals surface area contributed by atoms with Crippen molar-refractivity contribution in [2.75, 3.05) is 46.8 Å². The lowest BCUT2D eigenvalue weighted by Gasteiger charge is -2.51. The highest BCUT2D eigenvalue weighted by Gasteiger charge is 2.40. The van der Waals surface area contributed by atoms with Crippen molar-refractivity contribution in [2.24, 2.45) is 0 Å². The third-order valence-electron chi connectivity index (χ3n) is 3.83. The highest BCUT2D eigenvalue weighted by molar-refractivity contribution is 14.1. The first kappa shape index (κ1) is 11.1. The van der Waals surface area contributed by atoms with E-state index < -0.39 is 0 Å². The molecule has 2 heterocycles. The van der Waals surface area contributed by atoms with E-state index in [1.54, 1.807) is 0 Å². The van der Waals surface area contributed by atoms with E-state index in [0.717, 1.165) is 0 Å². The molecule has 3 nitrogen and oxygen atoms in total. The Morgan fingerprint density at radius 1 is 1.00 bits per heavy atom. The van der Waals surface area contributed by atoms with Crippen molar-refractivity contribution in [2.45, 2.75) is 18.4 Å². The molecule has 0 bridgehead atoms. The van der Waals surface area contributed by atoms with Gasteiger partial charge in [0.25, 0.3) is 0 Å². The Morgan fingerprint density at radius 2 is 1.64 bits per heavy atom. The third-order valence-corrected chi connectivity index (χ3v) is 4.80. The van der Waals surface area contributed by atoms with Gasteiger partial charge in [0.15, 0.2) is 0 Å². The summed E-state index contributed by atoms with van der Waals surface area (Å²) in [5, 5.41) is 0. The summed E-state index contributed by atoms with van der Waals surface area (Å²) >= 11 is 2.45. The molecule has 0 radical (unpaired) electrons. The van der Waals surface area contributed by atoms with Gasteiger partial charge in [0, 0.05) is 61.1 Å². The Morgan fingerprint density at radius 3 is 2.29 bits per heavy atom. The number of rotatable bonds is 0. The van der Waals surface area contributed by atoms with Gasteiger partial charge in [0.1, 0.15) is 0 Å². The first-order valence-electron chi connectivity index (χ1n) is 5.43. The molecule has 82 valence electrons. The first-order valence-corrected chi connectivity index (χ1v) is 6.39. The van der Waals surface area contributed by atoms with Crippen LogP contribution in [0, 0.1) is 0 Å². The Labute approximate surface area is 101 Å². The third kappa shape index (κ3) is 2.08. The van der Waals surface area contributed by atoms with Crippen molar-refractivity contribution >= 4 is 22.9 Å². The van der Waals surface area contributed by atoms with Crippen LogP contribution in [0.2, 0.25) is 0 Å². The average molecular weight is 309 g/mol. The molecule has 0 N–H and O–H groups in total. The van der Waals surface area contributed by atoms with Crippen molar-refractivity contribution in [1.29, 1.82) is 0 Å². The van der Waals surface area contributed by atoms with E-state index in [2.05, 4.69) is 49.9 Å². The molecule has 2 aliphatic heterocycles. The molecule has 2 aliphatic rings. The number of nitrogens with zero attached hydrogens (tertiary/aromatic N) is 3. The Bertz CT molecular complexity index is 202. The van der Waals surface area contributed by atoms with Crippen LogP contribution >= 0.6 is 22.9 Å². The normalized spacial score (nSPS) is 31.1. The van der Waals surface area contributed by atoms with Crippen LogP contribution in [0.3, 0.4) is 0 Å². The summed E-state index contributed by atoms with van der Waals surface area (Å²) in [5.41, 5.74) is 0.481. The van der Waals surface area contributed by atoms with E-state index in [1.807, 2.05) is 0 Å². The van der Waals surface area contributed by atoms with Crippen LogP contribution in [0.1, 0.15) is 12.8 Å². The SMILES string of the molecule is CN1CCN(C)C2(CCN(I)CC2)C1. The summed E-state index contributed by atoms with van der Waals surface area (Å²) in [4.78, 5) is 5.08. The largest absolute Gasteiger partial charge is 0.303 e. The molecule has 0 unspecified atom stereocenters. The van der Waals surface area contributed by atoms with Crippen LogP contribution in [0.15, 0.2) is 0 Å². The second-order valence-corrected chi connectivity index (χ2v) is 6.16. The minimum Gasteiger partial charge on any atom is -0.303 e. The minimum absolute atomic E-state index is 0.481. The summed E-state index contributed by atoms with van der Waals surface area (Å²) in [5.74, 6) is 0. The molecule has 14 heavy (non-hydrogen) atoms. The van der Waals surface area contributed by atoms with E-state index in [9.17, 15) is 0 Å². The van der Waals surface area contributed by atoms with Crippen LogP contribution in [-0.4, -0.2) is 65.3 Å². The number of hydrogen-bond donors (Lipinski definition) is 0. The summed E-state index contributed by atoms with van der Waals surface area (Å²) in [7, 11) is 4.56. The molecular formula is C10H20IN3. The van der Waals surface area contributed by atoms with Crippen LogP contribution in [0.25, 0.3) is 0 Å². The van der Waals surface area contributed by atoms with Gasteiger partial charge in [0.05, 0.1) is 0 Å². The zero-order chi connectivity index (χ0) is 10.2. The fourth-order valence-electron chi connectivity index (χ4n) is 2.70. The summed E-state index contributed by atoms with van der Waals surface area (Å²) in [6, 6.07) is 0. The maximum absolute atomic E-state index is 2.59. The van der Waals surface area contributed by atoms with Gasteiger partial charge >= 0.3 is 0 Å². The number of piperidine rings is 1. The highest BCUT2D eigenvalue weighted by atomic mass is 127. The second-order valence-electron chi connectivity index (χ2n) is 4.79. The Balaban J connectivity index is 2.05. The predicted octanol–water partition coefficient (Wildman–Crippen LogP) is 1.05. The molecule has 4 heteroatoms. The predicted molar refractivity (Wildman–Crippen MR) is 67.7 cm³/mol. The van der Waals surface area contributed by atoms with E-state index in [0.29, 0.717) is 5.54 Å². The molecule has 2 rings (SSSR count). The molecule has 0 aliphatic carbocycles. The van der Waals surface area contributed by atoms with Gasteiger partial charge in [0.2, 0.25) is 0 Å². The molecule has 0 aromatic heterocycles. The van der Waals surface area contributed by atoms with Crippen molar-refractivity contribution in [3.8, 4) is 0 Å². The van der Waals surface area contributed by atoms with Gasteiger partial charge in [-0.3, -0.25) is 4.90 Å². The number of likely N-dealkylation sites (N-methyl/N-ethyl adjacent to an activating group) is 2. The molecule has 2 fully saturated rings. The van der Waals surface area contributed by atoms with Gasteiger partial charge in [-0.05, 0) is 26.9 Å². The topological polar surface area (TPSA) is 9.72 Å². The lowest BCUT2D eigenvalue weighted by atomic mass is 9.85. The van der Waals surface area contributed by atoms with Crippen LogP contribution in [0.5, 0.6) is 0 Å². The lowest BCUT2D eigenvalue weighted by Crippen LogP contribution is -2.62. The molecule has 0 saturated carbocycles. The fraction of sp³-hybridized carbons (Fsp3) is 1.00. The fourth-order valence-corrected chi connectivity index (χ4v) is 3.18. The van der Waals surface area contributed by atoms with Crippen LogP contribution in [-0.2, 0) is 0 Å². The molecule has 1 spiro atoms. The maximum atomic E-state index is 2.59. The zero-order valence-corrected chi connectivity index (χ0v) is 11.3. The monoisotopic (exact) mass is 309 g/mol. The summed E-state index contributed by atoms with van der Waals surface area (Å²) < 4.78 is 2.42. The van der Waals surface area contributed by atoms with Gasteiger partial charge in [-0.1, -0.05) is 0 Å². The second kappa shape index (κ2) is 4.23. The maximum Gasteiger partial charge on any atom is 0.0358 e. The van der Waals surface area contributed by atoms with Crippen molar-refractivity contribution in [3.63, 3.8) is 0 Å². The van der Waals surface area contributed by atoms with Crippen LogP contribution in [0.4, 0.5) is 0 Å². The lowest BCUT2D eigenvalue weighted by molar-refractivity contribution is -0.00295. The van der Waals surface area contributed by atoms with Crippen molar-refractivity contribution in [1.82, 2.24) is 12.9 Å². The summed E-state index contributed by atoms with van der Waals surface area (Å²) in [6.45, 7) is 6.22. The quantitative estimate of drug-likeness (QED) is 0.489. The van der Waals surface area contributed by atoms with E-state index in [-0.39, 0.29) is 0 Å². The summed E-state index contributed by atoms with van der Waals surface area (Å²) in [6.07, 6.45) is 2.66. The van der Waals surface area contributed by atoms with E-state index in [1.165, 1.54) is 45.6 Å². The number of halogens is 1.